The number of phosphoric ester groups is 1. The molecule has 0 heterocycles. The Morgan fingerprint density at radius 2 is 0.756 bits per heavy atom. The first-order valence-corrected chi connectivity index (χ1v) is 35.4. The summed E-state index contributed by atoms with van der Waals surface area (Å²) in [6, 6.07) is -0.918. The second-order valence-corrected chi connectivity index (χ2v) is 25.2. The summed E-state index contributed by atoms with van der Waals surface area (Å²) in [5.41, 5.74) is 0. The van der Waals surface area contributed by atoms with Crippen molar-refractivity contribution in [2.24, 2.45) is 0 Å². The summed E-state index contributed by atoms with van der Waals surface area (Å²) in [4.78, 5) is 25.6. The number of quaternary nitrogens is 1. The fourth-order valence-corrected chi connectivity index (χ4v) is 10.1. The molecule has 0 saturated heterocycles. The molecule has 0 aliphatic carbocycles. The second-order valence-electron chi connectivity index (χ2n) is 23.8. The molecule has 0 fully saturated rings. The molecule has 0 aromatic carbocycles. The molecule has 0 saturated carbocycles. The normalized spacial score (nSPS) is 14.5. The van der Waals surface area contributed by atoms with Gasteiger partial charge in [0.25, 0.3) is 7.82 Å². The van der Waals surface area contributed by atoms with E-state index in [0.29, 0.717) is 17.4 Å². The molecular formula is C73H129N2O6P. The fraction of sp³-hybridized carbons (Fsp3) is 0.712. The van der Waals surface area contributed by atoms with E-state index in [1.54, 1.807) is 6.08 Å². The Bertz CT molecular complexity index is 1750. The van der Waals surface area contributed by atoms with E-state index in [2.05, 4.69) is 129 Å². The van der Waals surface area contributed by atoms with Crippen LogP contribution in [0.4, 0.5) is 0 Å². The number of unbranched alkanes of at least 4 members (excludes halogenated alkanes) is 30. The summed E-state index contributed by atoms with van der Waals surface area (Å²) < 4.78 is 23.4. The molecule has 3 atom stereocenters. The van der Waals surface area contributed by atoms with Gasteiger partial charge in [-0.3, -0.25) is 9.36 Å². The van der Waals surface area contributed by atoms with Crippen LogP contribution in [0.15, 0.2) is 122 Å². The number of hydrogen-bond donors (Lipinski definition) is 2. The molecule has 0 spiro atoms. The maximum Gasteiger partial charge on any atom is 0.268 e. The van der Waals surface area contributed by atoms with E-state index in [4.69, 9.17) is 9.05 Å². The van der Waals surface area contributed by atoms with Crippen LogP contribution in [0.2, 0.25) is 0 Å². The van der Waals surface area contributed by atoms with Gasteiger partial charge in [0.2, 0.25) is 5.91 Å². The zero-order valence-electron chi connectivity index (χ0n) is 53.9. The Labute approximate surface area is 507 Å². The van der Waals surface area contributed by atoms with Crippen LogP contribution in [0.5, 0.6) is 0 Å². The van der Waals surface area contributed by atoms with Gasteiger partial charge in [-0.25, -0.2) is 0 Å². The Kier molecular flexibility index (Phi) is 60.1. The summed E-state index contributed by atoms with van der Waals surface area (Å²) in [6.07, 6.45) is 93.1. The quantitative estimate of drug-likeness (QED) is 0.0272. The van der Waals surface area contributed by atoms with E-state index in [9.17, 15) is 19.4 Å². The predicted molar refractivity (Wildman–Crippen MR) is 357 cm³/mol. The largest absolute Gasteiger partial charge is 0.756 e. The third kappa shape index (κ3) is 64.5. The van der Waals surface area contributed by atoms with Gasteiger partial charge in [-0.1, -0.05) is 296 Å². The number of allylic oxidation sites excluding steroid dienone is 19. The van der Waals surface area contributed by atoms with Gasteiger partial charge in [0, 0.05) is 6.42 Å². The number of aliphatic hydroxyl groups is 1. The lowest BCUT2D eigenvalue weighted by atomic mass is 10.0. The minimum absolute atomic E-state index is 0.0132. The van der Waals surface area contributed by atoms with Crippen LogP contribution in [-0.2, 0) is 18.4 Å². The van der Waals surface area contributed by atoms with E-state index in [-0.39, 0.29) is 12.5 Å². The highest BCUT2D eigenvalue weighted by molar-refractivity contribution is 7.45. The molecule has 2 N–H and O–H groups in total. The van der Waals surface area contributed by atoms with E-state index < -0.39 is 26.6 Å². The van der Waals surface area contributed by atoms with Crippen LogP contribution in [0, 0.1) is 0 Å². The van der Waals surface area contributed by atoms with Gasteiger partial charge in [-0.05, 0) is 103 Å². The molecule has 472 valence electrons. The predicted octanol–water partition coefficient (Wildman–Crippen LogP) is 21.0. The number of aliphatic hydroxyl groups excluding tert-OH is 1. The first kappa shape index (κ1) is 78.9. The molecule has 9 heteroatoms. The van der Waals surface area contributed by atoms with Crippen molar-refractivity contribution in [2.75, 3.05) is 40.9 Å². The van der Waals surface area contributed by atoms with Crippen LogP contribution < -0.4 is 10.2 Å². The van der Waals surface area contributed by atoms with Gasteiger partial charge in [0.1, 0.15) is 13.2 Å². The third-order valence-electron chi connectivity index (χ3n) is 14.6. The van der Waals surface area contributed by atoms with Crippen molar-refractivity contribution in [3.63, 3.8) is 0 Å². The summed E-state index contributed by atoms with van der Waals surface area (Å²) in [7, 11) is 1.23. The molecule has 0 rings (SSSR count). The second kappa shape index (κ2) is 62.4. The number of likely N-dealkylation sites (N-methyl/N-ethyl adjacent to an activating group) is 1. The van der Waals surface area contributed by atoms with Crippen LogP contribution in [0.25, 0.3) is 0 Å². The molecule has 0 aliphatic rings. The van der Waals surface area contributed by atoms with Gasteiger partial charge in [-0.2, -0.15) is 0 Å². The number of nitrogens with one attached hydrogen (secondary N) is 1. The maximum absolute atomic E-state index is 13.0. The van der Waals surface area contributed by atoms with Crippen molar-refractivity contribution >= 4 is 13.7 Å². The van der Waals surface area contributed by atoms with E-state index in [0.717, 1.165) is 89.9 Å². The zero-order valence-corrected chi connectivity index (χ0v) is 54.8. The van der Waals surface area contributed by atoms with Crippen molar-refractivity contribution in [3.05, 3.63) is 122 Å². The van der Waals surface area contributed by atoms with Crippen LogP contribution in [0.1, 0.15) is 284 Å². The number of carbonyl (C=O) groups excluding carboxylic acids is 1. The van der Waals surface area contributed by atoms with Crippen LogP contribution in [0.3, 0.4) is 0 Å². The average Bonchev–Trinajstić information content (AvgIpc) is 3.47. The van der Waals surface area contributed by atoms with Crippen molar-refractivity contribution in [1.29, 1.82) is 0 Å². The highest BCUT2D eigenvalue weighted by Gasteiger charge is 2.23. The smallest absolute Gasteiger partial charge is 0.268 e. The number of carbonyl (C=O) groups is 1. The monoisotopic (exact) mass is 1160 g/mol. The topological polar surface area (TPSA) is 108 Å². The minimum atomic E-state index is -4.62. The highest BCUT2D eigenvalue weighted by Crippen LogP contribution is 2.38. The Hall–Kier alpha value is -3.10. The molecule has 1 amide bonds. The molecule has 0 bridgehead atoms. The Morgan fingerprint density at radius 3 is 1.13 bits per heavy atom. The SMILES string of the molecule is CC/C=C\C/C=C\C/C=C\C/C=C\C/C=C\C/C=C\C/C=C\CCCCCCCCCCCCCCCCCC(=O)NC(COP(=O)([O-])OCC[N+](C)(C)C)C(O)/C=C/CC/C=C/CC/C=C/CCCCCCCCCCCCCCC. The Morgan fingerprint density at radius 1 is 0.439 bits per heavy atom. The van der Waals surface area contributed by atoms with Gasteiger partial charge in [-0.15, -0.1) is 0 Å². The zero-order chi connectivity index (χ0) is 59.8. The lowest BCUT2D eigenvalue weighted by Gasteiger charge is -2.29. The average molecular weight is 1160 g/mol. The van der Waals surface area contributed by atoms with E-state index in [1.165, 1.54) is 173 Å². The molecule has 0 aliphatic heterocycles. The van der Waals surface area contributed by atoms with E-state index in [1.807, 2.05) is 27.2 Å². The molecule has 0 radical (unpaired) electrons. The molecule has 0 aromatic rings. The lowest BCUT2D eigenvalue weighted by Crippen LogP contribution is -2.45. The van der Waals surface area contributed by atoms with Crippen LogP contribution in [-0.4, -0.2) is 68.5 Å². The number of amides is 1. The molecule has 3 unspecified atom stereocenters. The number of rotatable bonds is 61. The van der Waals surface area contributed by atoms with Crippen molar-refractivity contribution in [3.8, 4) is 0 Å². The minimum Gasteiger partial charge on any atom is -0.756 e. The van der Waals surface area contributed by atoms with Gasteiger partial charge < -0.3 is 28.8 Å². The Balaban J connectivity index is 4.13. The van der Waals surface area contributed by atoms with Gasteiger partial charge in [0.05, 0.1) is 39.9 Å². The first-order valence-electron chi connectivity index (χ1n) is 33.9. The summed E-state index contributed by atoms with van der Waals surface area (Å²) in [5, 5.41) is 13.9. The highest BCUT2D eigenvalue weighted by atomic mass is 31.2. The van der Waals surface area contributed by atoms with Crippen LogP contribution >= 0.6 is 7.82 Å². The van der Waals surface area contributed by atoms with Crippen molar-refractivity contribution in [2.45, 2.75) is 296 Å². The number of hydrogen-bond acceptors (Lipinski definition) is 6. The van der Waals surface area contributed by atoms with E-state index >= 15 is 0 Å². The van der Waals surface area contributed by atoms with Gasteiger partial charge in [0.15, 0.2) is 0 Å². The summed E-state index contributed by atoms with van der Waals surface area (Å²) >= 11 is 0. The third-order valence-corrected chi connectivity index (χ3v) is 15.6. The molecular weight excluding hydrogens is 1030 g/mol. The fourth-order valence-electron chi connectivity index (χ4n) is 9.40. The first-order chi connectivity index (χ1) is 40.0. The van der Waals surface area contributed by atoms with Gasteiger partial charge >= 0.3 is 0 Å². The van der Waals surface area contributed by atoms with Crippen molar-refractivity contribution in [1.82, 2.24) is 5.32 Å². The number of phosphoric acid groups is 1. The summed E-state index contributed by atoms with van der Waals surface area (Å²) in [5.74, 6) is -0.213. The standard InChI is InChI=1S/C73H129N2O6P/c1-6-8-10-12-14-16-18-20-22-24-26-28-30-31-32-33-34-35-36-37-38-39-40-41-42-43-45-47-49-51-53-55-57-59-61-63-65-67-73(77)74-71(70-81-82(78,79)80-69-68-75(3,4)5)72(76)66-64-62-60-58-56-54-52-50-48-46-44-29-27-25-23-21-19-17-15-13-11-9-7-2/h8,10,14,16,20,22,26,28,31-32,34-35,37-38,48,50,56,58,64,66,71-72,76H,6-7,9,11-13,15,17-19,21,23-25,27,29-30,33,36,39-47,49,51-55,57,59-63,65,67-70H2,1-5H3,(H-,74,77,78,79)/b10-8-,16-14-,22-20-,28-26-,32-31-,35-34-,38-37-,50-48+,58-56+,66-64+. The lowest BCUT2D eigenvalue weighted by molar-refractivity contribution is -0.870. The molecule has 8 nitrogen and oxygen atoms in total. The summed E-state index contributed by atoms with van der Waals surface area (Å²) in [6.45, 7) is 4.52. The molecule has 82 heavy (non-hydrogen) atoms. The number of nitrogens with zero attached hydrogens (tertiary/aromatic N) is 1. The maximum atomic E-state index is 13.0. The molecule has 0 aromatic heterocycles. The van der Waals surface area contributed by atoms with Crippen molar-refractivity contribution < 1.29 is 32.9 Å².